The molecule has 104 valence electrons. The zero-order valence-electron chi connectivity index (χ0n) is 10.7. The van der Waals surface area contributed by atoms with Crippen LogP contribution in [0.2, 0.25) is 5.02 Å². The number of anilines is 2. The van der Waals surface area contributed by atoms with Gasteiger partial charge in [0.25, 0.3) is 0 Å². The highest BCUT2D eigenvalue weighted by atomic mass is 35.5. The molecule has 0 radical (unpaired) electrons. The Hall–Kier alpha value is -1.92. The van der Waals surface area contributed by atoms with E-state index in [0.29, 0.717) is 15.8 Å². The lowest BCUT2D eigenvalue weighted by atomic mass is 10.2. The van der Waals surface area contributed by atoms with Crippen molar-refractivity contribution in [1.29, 1.82) is 0 Å². The monoisotopic (exact) mass is 310 g/mol. The van der Waals surface area contributed by atoms with Crippen molar-refractivity contribution in [2.24, 2.45) is 0 Å². The molecule has 0 bridgehead atoms. The first kappa shape index (κ1) is 14.5. The Morgan fingerprint density at radius 3 is 2.60 bits per heavy atom. The first-order valence-corrected chi connectivity index (χ1v) is 6.86. The number of aryl methyl sites for hydroxylation is 1. The van der Waals surface area contributed by atoms with Crippen molar-refractivity contribution in [2.45, 2.75) is 13.8 Å². The maximum absolute atomic E-state index is 11.4. The van der Waals surface area contributed by atoms with E-state index < -0.39 is 5.97 Å². The van der Waals surface area contributed by atoms with E-state index in [-0.39, 0.29) is 16.4 Å². The molecule has 2 rings (SSSR count). The van der Waals surface area contributed by atoms with E-state index in [9.17, 15) is 9.59 Å². The lowest BCUT2D eigenvalue weighted by Gasteiger charge is -2.04. The number of nitrogens with one attached hydrogen (secondary N) is 1. The molecule has 0 aliphatic carbocycles. The van der Waals surface area contributed by atoms with Crippen LogP contribution in [0.1, 0.15) is 32.6 Å². The highest BCUT2D eigenvalue weighted by Crippen LogP contribution is 2.28. The fourth-order valence-corrected chi connectivity index (χ4v) is 2.60. The lowest BCUT2D eigenvalue weighted by molar-refractivity contribution is 0.0687. The topological polar surface area (TPSA) is 79.3 Å². The number of aromatic nitrogens is 1. The first-order valence-electron chi connectivity index (χ1n) is 5.66. The normalized spacial score (nSPS) is 10.3. The average Bonchev–Trinajstić information content (AvgIpc) is 2.78. The highest BCUT2D eigenvalue weighted by Gasteiger charge is 2.20. The number of carbonyl (C=O) groups is 2. The molecule has 2 N–H and O–H groups in total. The van der Waals surface area contributed by atoms with Gasteiger partial charge in [-0.15, -0.1) is 0 Å². The molecule has 0 spiro atoms. The summed E-state index contributed by atoms with van der Waals surface area (Å²) in [6, 6.07) is 5.35. The van der Waals surface area contributed by atoms with E-state index in [1.54, 1.807) is 12.1 Å². The highest BCUT2D eigenvalue weighted by molar-refractivity contribution is 7.17. The molecule has 0 atom stereocenters. The zero-order chi connectivity index (χ0) is 14.9. The van der Waals surface area contributed by atoms with Crippen LogP contribution in [-0.2, 0) is 0 Å². The summed E-state index contributed by atoms with van der Waals surface area (Å²) in [5.41, 5.74) is 1.39. The standard InChI is InChI=1S/C13H11ClN2O3S/c1-6-3-4-8(5-9(6)14)15-13-16-10(12(18)19)11(20-13)7(2)17/h3-5H,1-2H3,(H,15,16)(H,18,19). The average molecular weight is 311 g/mol. The molecule has 0 aliphatic heterocycles. The summed E-state index contributed by atoms with van der Waals surface area (Å²) in [6.45, 7) is 3.19. The molecule has 0 saturated heterocycles. The molecule has 5 nitrogen and oxygen atoms in total. The van der Waals surface area contributed by atoms with Gasteiger partial charge in [0.1, 0.15) is 4.88 Å². The Balaban J connectivity index is 2.34. The van der Waals surface area contributed by atoms with E-state index >= 15 is 0 Å². The molecule has 0 aliphatic rings. The third-order valence-corrected chi connectivity index (χ3v) is 4.05. The molecule has 1 aromatic carbocycles. The number of hydrogen-bond donors (Lipinski definition) is 2. The number of rotatable bonds is 4. The molecule has 7 heteroatoms. The number of carboxylic acid groups (broad SMARTS) is 1. The minimum absolute atomic E-state index is 0.123. The smallest absolute Gasteiger partial charge is 0.356 e. The number of benzene rings is 1. The Labute approximate surface area is 124 Å². The predicted octanol–water partition coefficient (Wildman–Crippen LogP) is 3.75. The zero-order valence-corrected chi connectivity index (χ0v) is 12.3. The van der Waals surface area contributed by atoms with Gasteiger partial charge in [0.15, 0.2) is 16.6 Å². The van der Waals surface area contributed by atoms with E-state index in [2.05, 4.69) is 10.3 Å². The van der Waals surface area contributed by atoms with Gasteiger partial charge in [-0.1, -0.05) is 29.0 Å². The number of halogens is 1. The van der Waals surface area contributed by atoms with Crippen molar-refractivity contribution in [1.82, 2.24) is 4.98 Å². The van der Waals surface area contributed by atoms with Gasteiger partial charge in [-0.2, -0.15) is 0 Å². The number of Topliss-reactive ketones (excluding diaryl/α,β-unsaturated/α-hetero) is 1. The number of thiazole rings is 1. The molecular formula is C13H11ClN2O3S. The Morgan fingerprint density at radius 1 is 1.40 bits per heavy atom. The number of nitrogens with zero attached hydrogens (tertiary/aromatic N) is 1. The van der Waals surface area contributed by atoms with Crippen LogP contribution in [-0.4, -0.2) is 21.8 Å². The van der Waals surface area contributed by atoms with Gasteiger partial charge >= 0.3 is 5.97 Å². The third kappa shape index (κ3) is 2.97. The molecule has 1 aromatic heterocycles. The maximum Gasteiger partial charge on any atom is 0.356 e. The van der Waals surface area contributed by atoms with Gasteiger partial charge in [-0.25, -0.2) is 9.78 Å². The van der Waals surface area contributed by atoms with Gasteiger partial charge in [-0.05, 0) is 24.6 Å². The number of hydrogen-bond acceptors (Lipinski definition) is 5. The van der Waals surface area contributed by atoms with Gasteiger partial charge < -0.3 is 10.4 Å². The van der Waals surface area contributed by atoms with Crippen molar-refractivity contribution >= 4 is 45.5 Å². The summed E-state index contributed by atoms with van der Waals surface area (Å²) in [7, 11) is 0. The summed E-state index contributed by atoms with van der Waals surface area (Å²) >= 11 is 7.02. The van der Waals surface area contributed by atoms with Crippen LogP contribution in [0.15, 0.2) is 18.2 Å². The SMILES string of the molecule is CC(=O)c1sc(Nc2ccc(C)c(Cl)c2)nc1C(=O)O. The van der Waals surface area contributed by atoms with Crippen LogP contribution in [0.4, 0.5) is 10.8 Å². The maximum atomic E-state index is 11.4. The number of carboxylic acids is 1. The van der Waals surface area contributed by atoms with Crippen molar-refractivity contribution in [2.75, 3.05) is 5.32 Å². The summed E-state index contributed by atoms with van der Waals surface area (Å²) in [5, 5.41) is 12.9. The van der Waals surface area contributed by atoms with E-state index in [0.717, 1.165) is 16.9 Å². The fraction of sp³-hybridized carbons (Fsp3) is 0.154. The Morgan fingerprint density at radius 2 is 2.10 bits per heavy atom. The second-order valence-electron chi connectivity index (χ2n) is 4.15. The molecule has 0 fully saturated rings. The second kappa shape index (κ2) is 5.60. The summed E-state index contributed by atoms with van der Waals surface area (Å²) in [4.78, 5) is 26.5. The molecule has 0 saturated carbocycles. The largest absolute Gasteiger partial charge is 0.476 e. The van der Waals surface area contributed by atoms with E-state index in [1.807, 2.05) is 13.0 Å². The molecular weight excluding hydrogens is 300 g/mol. The van der Waals surface area contributed by atoms with Gasteiger partial charge in [0, 0.05) is 17.6 Å². The van der Waals surface area contributed by atoms with Crippen LogP contribution < -0.4 is 5.32 Å². The van der Waals surface area contributed by atoms with Gasteiger partial charge in [0.2, 0.25) is 0 Å². The van der Waals surface area contributed by atoms with Crippen LogP contribution in [0, 0.1) is 6.92 Å². The lowest BCUT2D eigenvalue weighted by Crippen LogP contribution is -2.03. The molecule has 0 amide bonds. The predicted molar refractivity (Wildman–Crippen MR) is 78.5 cm³/mol. The molecule has 20 heavy (non-hydrogen) atoms. The van der Waals surface area contributed by atoms with E-state index in [4.69, 9.17) is 16.7 Å². The minimum atomic E-state index is -1.22. The van der Waals surface area contributed by atoms with Crippen LogP contribution in [0.25, 0.3) is 0 Å². The number of ketones is 1. The number of aromatic carboxylic acids is 1. The van der Waals surface area contributed by atoms with Crippen molar-refractivity contribution in [3.05, 3.63) is 39.4 Å². The van der Waals surface area contributed by atoms with Gasteiger partial charge in [0.05, 0.1) is 0 Å². The Kier molecular flexibility index (Phi) is 4.06. The van der Waals surface area contributed by atoms with Crippen molar-refractivity contribution in [3.63, 3.8) is 0 Å². The fourth-order valence-electron chi connectivity index (χ4n) is 1.55. The first-order chi connectivity index (χ1) is 9.38. The number of carbonyl (C=O) groups excluding carboxylic acids is 1. The summed E-state index contributed by atoms with van der Waals surface area (Å²) < 4.78 is 0. The van der Waals surface area contributed by atoms with Crippen molar-refractivity contribution in [3.8, 4) is 0 Å². The second-order valence-corrected chi connectivity index (χ2v) is 5.55. The van der Waals surface area contributed by atoms with Gasteiger partial charge in [-0.3, -0.25) is 4.79 Å². The molecule has 1 heterocycles. The van der Waals surface area contributed by atoms with E-state index in [1.165, 1.54) is 6.92 Å². The quantitative estimate of drug-likeness (QED) is 0.841. The Bertz CT molecular complexity index is 665. The van der Waals surface area contributed by atoms with Crippen LogP contribution >= 0.6 is 22.9 Å². The summed E-state index contributed by atoms with van der Waals surface area (Å²) in [6.07, 6.45) is 0. The van der Waals surface area contributed by atoms with Crippen molar-refractivity contribution < 1.29 is 14.7 Å². The summed E-state index contributed by atoms with van der Waals surface area (Å²) in [5.74, 6) is -1.55. The molecule has 0 unspecified atom stereocenters. The minimum Gasteiger partial charge on any atom is -0.476 e. The molecule has 2 aromatic rings. The van der Waals surface area contributed by atoms with Crippen LogP contribution in [0.3, 0.4) is 0 Å². The van der Waals surface area contributed by atoms with Crippen LogP contribution in [0.5, 0.6) is 0 Å². The third-order valence-electron chi connectivity index (χ3n) is 2.57.